The molecule has 108 valence electrons. The van der Waals surface area contributed by atoms with Crippen molar-refractivity contribution in [3.8, 4) is 0 Å². The molecule has 0 aliphatic heterocycles. The van der Waals surface area contributed by atoms with Crippen molar-refractivity contribution in [3.63, 3.8) is 0 Å². The molecule has 0 saturated carbocycles. The fourth-order valence-electron chi connectivity index (χ4n) is 1.60. The molecule has 2 N–H and O–H groups in total. The number of hydrogen-bond donors (Lipinski definition) is 2. The van der Waals surface area contributed by atoms with E-state index in [1.165, 1.54) is 0 Å². The van der Waals surface area contributed by atoms with E-state index >= 15 is 0 Å². The zero-order valence-corrected chi connectivity index (χ0v) is 11.9. The standard InChI is InChI=1S/C14H24N2O3/c1-11-4-5-13(7-16-11)6-15-8-14(17)10-19-12(2)9-18-3/h4-5,7,12,14-15,17H,6,8-10H2,1-3H3. The summed E-state index contributed by atoms with van der Waals surface area (Å²) in [5.74, 6) is 0. The molecule has 1 rings (SSSR count). The van der Waals surface area contributed by atoms with E-state index in [1.54, 1.807) is 7.11 Å². The largest absolute Gasteiger partial charge is 0.389 e. The predicted octanol–water partition coefficient (Wildman–Crippen LogP) is 0.892. The minimum atomic E-state index is -0.516. The highest BCUT2D eigenvalue weighted by molar-refractivity contribution is 5.12. The third kappa shape index (κ3) is 7.22. The minimum Gasteiger partial charge on any atom is -0.389 e. The lowest BCUT2D eigenvalue weighted by Gasteiger charge is -2.16. The molecule has 0 saturated heterocycles. The molecule has 0 aliphatic carbocycles. The van der Waals surface area contributed by atoms with Crippen molar-refractivity contribution in [3.05, 3.63) is 29.6 Å². The predicted molar refractivity (Wildman–Crippen MR) is 74.0 cm³/mol. The Morgan fingerprint density at radius 2 is 2.16 bits per heavy atom. The Balaban J connectivity index is 2.13. The molecule has 0 amide bonds. The van der Waals surface area contributed by atoms with Crippen molar-refractivity contribution >= 4 is 0 Å². The summed E-state index contributed by atoms with van der Waals surface area (Å²) in [5.41, 5.74) is 2.11. The number of aromatic nitrogens is 1. The van der Waals surface area contributed by atoms with Crippen LogP contribution in [-0.4, -0.2) is 49.2 Å². The monoisotopic (exact) mass is 268 g/mol. The van der Waals surface area contributed by atoms with Crippen LogP contribution in [0.15, 0.2) is 18.3 Å². The summed E-state index contributed by atoms with van der Waals surface area (Å²) in [6.07, 6.45) is 1.32. The number of aliphatic hydroxyl groups is 1. The van der Waals surface area contributed by atoms with Gasteiger partial charge >= 0.3 is 0 Å². The number of aryl methyl sites for hydroxylation is 1. The summed E-state index contributed by atoms with van der Waals surface area (Å²) < 4.78 is 10.4. The summed E-state index contributed by atoms with van der Waals surface area (Å²) in [6, 6.07) is 4.00. The molecule has 2 unspecified atom stereocenters. The second-order valence-electron chi connectivity index (χ2n) is 4.69. The molecule has 5 nitrogen and oxygen atoms in total. The van der Waals surface area contributed by atoms with E-state index in [9.17, 15) is 5.11 Å². The first-order chi connectivity index (χ1) is 9.11. The van der Waals surface area contributed by atoms with Gasteiger partial charge in [-0.3, -0.25) is 4.98 Å². The first-order valence-corrected chi connectivity index (χ1v) is 6.52. The van der Waals surface area contributed by atoms with Crippen LogP contribution in [0, 0.1) is 6.92 Å². The van der Waals surface area contributed by atoms with E-state index in [-0.39, 0.29) is 6.10 Å². The molecular weight excluding hydrogens is 244 g/mol. The van der Waals surface area contributed by atoms with Crippen LogP contribution in [0.1, 0.15) is 18.2 Å². The zero-order valence-electron chi connectivity index (χ0n) is 11.9. The van der Waals surface area contributed by atoms with Gasteiger partial charge in [-0.1, -0.05) is 6.07 Å². The Morgan fingerprint density at radius 1 is 1.37 bits per heavy atom. The maximum absolute atomic E-state index is 9.74. The number of aliphatic hydroxyl groups excluding tert-OH is 1. The summed E-state index contributed by atoms with van der Waals surface area (Å²) >= 11 is 0. The SMILES string of the molecule is COCC(C)OCC(O)CNCc1ccc(C)nc1. The second kappa shape index (κ2) is 8.98. The van der Waals surface area contributed by atoms with E-state index in [1.807, 2.05) is 32.2 Å². The highest BCUT2D eigenvalue weighted by Gasteiger charge is 2.07. The van der Waals surface area contributed by atoms with E-state index in [4.69, 9.17) is 9.47 Å². The molecule has 1 aromatic heterocycles. The summed E-state index contributed by atoms with van der Waals surface area (Å²) in [5, 5.41) is 12.9. The van der Waals surface area contributed by atoms with Gasteiger partial charge < -0.3 is 19.9 Å². The number of nitrogens with zero attached hydrogens (tertiary/aromatic N) is 1. The zero-order chi connectivity index (χ0) is 14.1. The summed E-state index contributed by atoms with van der Waals surface area (Å²) in [4.78, 5) is 4.22. The maximum atomic E-state index is 9.74. The molecule has 1 heterocycles. The second-order valence-corrected chi connectivity index (χ2v) is 4.69. The fourth-order valence-corrected chi connectivity index (χ4v) is 1.60. The number of hydrogen-bond acceptors (Lipinski definition) is 5. The van der Waals surface area contributed by atoms with Crippen molar-refractivity contribution in [2.45, 2.75) is 32.6 Å². The molecule has 0 fully saturated rings. The van der Waals surface area contributed by atoms with Gasteiger partial charge in [-0.25, -0.2) is 0 Å². The molecule has 0 spiro atoms. The molecule has 5 heteroatoms. The molecule has 0 aliphatic rings. The van der Waals surface area contributed by atoms with Crippen LogP contribution in [0.5, 0.6) is 0 Å². The van der Waals surface area contributed by atoms with Crippen LogP contribution in [-0.2, 0) is 16.0 Å². The first-order valence-electron chi connectivity index (χ1n) is 6.52. The van der Waals surface area contributed by atoms with Crippen molar-refractivity contribution in [1.29, 1.82) is 0 Å². The van der Waals surface area contributed by atoms with Crippen LogP contribution in [0.25, 0.3) is 0 Å². The van der Waals surface area contributed by atoms with Crippen LogP contribution < -0.4 is 5.32 Å². The molecule has 0 bridgehead atoms. The third-order valence-electron chi connectivity index (χ3n) is 2.66. The average Bonchev–Trinajstić information content (AvgIpc) is 2.39. The Morgan fingerprint density at radius 3 is 2.79 bits per heavy atom. The van der Waals surface area contributed by atoms with Gasteiger partial charge in [-0.05, 0) is 25.5 Å². The molecule has 1 aromatic rings. The van der Waals surface area contributed by atoms with Gasteiger partial charge in [0.15, 0.2) is 0 Å². The van der Waals surface area contributed by atoms with Crippen LogP contribution in [0.2, 0.25) is 0 Å². The number of methoxy groups -OCH3 is 1. The van der Waals surface area contributed by atoms with Gasteiger partial charge in [-0.2, -0.15) is 0 Å². The lowest BCUT2D eigenvalue weighted by molar-refractivity contribution is -0.0311. The smallest absolute Gasteiger partial charge is 0.0897 e. The van der Waals surface area contributed by atoms with Crippen molar-refractivity contribution in [1.82, 2.24) is 10.3 Å². The maximum Gasteiger partial charge on any atom is 0.0897 e. The summed E-state index contributed by atoms with van der Waals surface area (Å²) in [6.45, 7) is 5.91. The van der Waals surface area contributed by atoms with Crippen molar-refractivity contribution in [2.75, 3.05) is 26.9 Å². The topological polar surface area (TPSA) is 63.6 Å². The number of nitrogens with one attached hydrogen (secondary N) is 1. The Hall–Kier alpha value is -1.01. The minimum absolute atomic E-state index is 0.000878. The normalized spacial score (nSPS) is 14.3. The van der Waals surface area contributed by atoms with E-state index in [0.717, 1.165) is 11.3 Å². The number of rotatable bonds is 9. The van der Waals surface area contributed by atoms with E-state index in [2.05, 4.69) is 10.3 Å². The van der Waals surface area contributed by atoms with Gasteiger partial charge in [0.1, 0.15) is 0 Å². The molecular formula is C14H24N2O3. The third-order valence-corrected chi connectivity index (χ3v) is 2.66. The Kier molecular flexibility index (Phi) is 7.59. The van der Waals surface area contributed by atoms with Crippen molar-refractivity contribution in [2.24, 2.45) is 0 Å². The molecule has 0 radical (unpaired) electrons. The number of ether oxygens (including phenoxy) is 2. The van der Waals surface area contributed by atoms with Crippen molar-refractivity contribution < 1.29 is 14.6 Å². The summed E-state index contributed by atoms with van der Waals surface area (Å²) in [7, 11) is 1.63. The van der Waals surface area contributed by atoms with Crippen LogP contribution in [0.4, 0.5) is 0 Å². The number of pyridine rings is 1. The lowest BCUT2D eigenvalue weighted by atomic mass is 10.2. The highest BCUT2D eigenvalue weighted by atomic mass is 16.5. The molecule has 2 atom stereocenters. The van der Waals surface area contributed by atoms with Crippen LogP contribution >= 0.6 is 0 Å². The van der Waals surface area contributed by atoms with E-state index < -0.39 is 6.10 Å². The van der Waals surface area contributed by atoms with Gasteiger partial charge in [0.05, 0.1) is 25.4 Å². The van der Waals surface area contributed by atoms with Gasteiger partial charge in [0.25, 0.3) is 0 Å². The van der Waals surface area contributed by atoms with Gasteiger partial charge in [-0.15, -0.1) is 0 Å². The van der Waals surface area contributed by atoms with Gasteiger partial charge in [0, 0.05) is 32.1 Å². The quantitative estimate of drug-likeness (QED) is 0.696. The Bertz CT molecular complexity index is 343. The highest BCUT2D eigenvalue weighted by Crippen LogP contribution is 1.99. The Labute approximate surface area is 115 Å². The average molecular weight is 268 g/mol. The van der Waals surface area contributed by atoms with Gasteiger partial charge in [0.2, 0.25) is 0 Å². The fraction of sp³-hybridized carbons (Fsp3) is 0.643. The molecule has 19 heavy (non-hydrogen) atoms. The molecule has 0 aromatic carbocycles. The first kappa shape index (κ1) is 16.0. The van der Waals surface area contributed by atoms with Crippen LogP contribution in [0.3, 0.4) is 0 Å². The van der Waals surface area contributed by atoms with E-state index in [0.29, 0.717) is 26.3 Å². The lowest BCUT2D eigenvalue weighted by Crippen LogP contribution is -2.32.